The van der Waals surface area contributed by atoms with Gasteiger partial charge in [-0.3, -0.25) is 4.90 Å². The van der Waals surface area contributed by atoms with Gasteiger partial charge in [-0.25, -0.2) is 4.79 Å². The summed E-state index contributed by atoms with van der Waals surface area (Å²) >= 11 is 0. The Morgan fingerprint density at radius 1 is 1.22 bits per heavy atom. The van der Waals surface area contributed by atoms with Crippen LogP contribution in [0.5, 0.6) is 0 Å². The predicted octanol–water partition coefficient (Wildman–Crippen LogP) is 2.57. The molecular formula is C17H21N3O3. The van der Waals surface area contributed by atoms with Crippen LogP contribution in [0.2, 0.25) is 0 Å². The first-order valence-electron chi connectivity index (χ1n) is 7.84. The van der Waals surface area contributed by atoms with Gasteiger partial charge in [-0.05, 0) is 19.9 Å². The van der Waals surface area contributed by atoms with Crippen molar-refractivity contribution in [2.24, 2.45) is 0 Å². The number of anilines is 1. The minimum absolute atomic E-state index is 0.139. The van der Waals surface area contributed by atoms with Crippen LogP contribution in [-0.2, 0) is 0 Å². The van der Waals surface area contributed by atoms with Crippen molar-refractivity contribution in [2.45, 2.75) is 19.9 Å². The first kappa shape index (κ1) is 15.6. The van der Waals surface area contributed by atoms with E-state index < -0.39 is 5.97 Å². The molecular weight excluding hydrogens is 294 g/mol. The van der Waals surface area contributed by atoms with E-state index in [9.17, 15) is 4.79 Å². The number of carboxylic acids is 1. The molecule has 2 heterocycles. The summed E-state index contributed by atoms with van der Waals surface area (Å²) < 4.78 is 4.90. The van der Waals surface area contributed by atoms with Gasteiger partial charge in [0.2, 0.25) is 5.76 Å². The molecule has 0 unspecified atom stereocenters. The van der Waals surface area contributed by atoms with Gasteiger partial charge < -0.3 is 14.5 Å². The summed E-state index contributed by atoms with van der Waals surface area (Å²) in [7, 11) is 0. The Bertz CT molecular complexity index is 688. The van der Waals surface area contributed by atoms with Crippen LogP contribution in [0, 0.1) is 0 Å². The summed E-state index contributed by atoms with van der Waals surface area (Å²) in [5.74, 6) is -1.24. The molecule has 1 aromatic heterocycles. The van der Waals surface area contributed by atoms with Crippen molar-refractivity contribution < 1.29 is 14.4 Å². The van der Waals surface area contributed by atoms with Crippen molar-refractivity contribution in [3.63, 3.8) is 0 Å². The number of carbonyl (C=O) groups is 1. The van der Waals surface area contributed by atoms with Crippen LogP contribution >= 0.6 is 0 Å². The highest BCUT2D eigenvalue weighted by atomic mass is 16.5. The third kappa shape index (κ3) is 3.22. The van der Waals surface area contributed by atoms with Crippen LogP contribution in [0.25, 0.3) is 11.3 Å². The molecule has 0 spiro atoms. The fourth-order valence-corrected chi connectivity index (χ4v) is 2.95. The number of aromatic carboxylic acids is 1. The van der Waals surface area contributed by atoms with Crippen molar-refractivity contribution in [1.29, 1.82) is 0 Å². The van der Waals surface area contributed by atoms with Gasteiger partial charge >= 0.3 is 5.97 Å². The Morgan fingerprint density at radius 2 is 1.91 bits per heavy atom. The second-order valence-corrected chi connectivity index (χ2v) is 6.02. The maximum Gasteiger partial charge on any atom is 0.374 e. The molecule has 2 aromatic rings. The van der Waals surface area contributed by atoms with E-state index in [2.05, 4.69) is 34.9 Å². The smallest absolute Gasteiger partial charge is 0.374 e. The van der Waals surface area contributed by atoms with Crippen molar-refractivity contribution >= 4 is 11.7 Å². The highest BCUT2D eigenvalue weighted by molar-refractivity contribution is 5.87. The molecule has 0 atom stereocenters. The Hall–Kier alpha value is -2.34. The lowest BCUT2D eigenvalue weighted by Crippen LogP contribution is -2.49. The first-order chi connectivity index (χ1) is 11.1. The van der Waals surface area contributed by atoms with Gasteiger partial charge in [0.1, 0.15) is 5.69 Å². The lowest BCUT2D eigenvalue weighted by Gasteiger charge is -2.38. The molecule has 1 aromatic carbocycles. The van der Waals surface area contributed by atoms with Crippen LogP contribution in [-0.4, -0.2) is 53.4 Å². The Labute approximate surface area is 135 Å². The van der Waals surface area contributed by atoms with Crippen molar-refractivity contribution in [2.75, 3.05) is 31.1 Å². The third-order valence-electron chi connectivity index (χ3n) is 4.29. The van der Waals surface area contributed by atoms with Gasteiger partial charge in [-0.2, -0.15) is 0 Å². The molecule has 6 nitrogen and oxygen atoms in total. The van der Waals surface area contributed by atoms with E-state index in [0.29, 0.717) is 11.7 Å². The summed E-state index contributed by atoms with van der Waals surface area (Å²) in [6, 6.07) is 9.96. The number of rotatable bonds is 4. The van der Waals surface area contributed by atoms with Crippen LogP contribution in [0.15, 0.2) is 34.9 Å². The van der Waals surface area contributed by atoms with Crippen molar-refractivity contribution in [3.05, 3.63) is 36.1 Å². The van der Waals surface area contributed by atoms with Gasteiger partial charge in [0, 0.05) is 49.5 Å². The Morgan fingerprint density at radius 3 is 2.52 bits per heavy atom. The number of benzene rings is 1. The van der Waals surface area contributed by atoms with E-state index in [1.165, 1.54) is 6.07 Å². The Kier molecular flexibility index (Phi) is 4.34. The van der Waals surface area contributed by atoms with E-state index in [-0.39, 0.29) is 5.76 Å². The number of piperazine rings is 1. The molecule has 1 fully saturated rings. The molecule has 0 aliphatic carbocycles. The van der Waals surface area contributed by atoms with Crippen LogP contribution < -0.4 is 4.90 Å². The van der Waals surface area contributed by atoms with Crippen LogP contribution in [0.4, 0.5) is 5.69 Å². The van der Waals surface area contributed by atoms with Crippen molar-refractivity contribution in [3.8, 4) is 11.3 Å². The zero-order valence-electron chi connectivity index (χ0n) is 13.4. The molecule has 3 rings (SSSR count). The molecule has 0 saturated carbocycles. The minimum atomic E-state index is -1.10. The zero-order chi connectivity index (χ0) is 16.4. The molecule has 0 bridgehead atoms. The van der Waals surface area contributed by atoms with Crippen LogP contribution in [0.3, 0.4) is 0 Å². The lowest BCUT2D eigenvalue weighted by atomic mass is 10.1. The van der Waals surface area contributed by atoms with Crippen molar-refractivity contribution in [1.82, 2.24) is 10.1 Å². The number of aromatic nitrogens is 1. The van der Waals surface area contributed by atoms with Gasteiger partial charge in [0.15, 0.2) is 0 Å². The molecule has 1 N–H and O–H groups in total. The van der Waals surface area contributed by atoms with E-state index in [1.807, 2.05) is 18.2 Å². The maximum atomic E-state index is 11.0. The second-order valence-electron chi connectivity index (χ2n) is 6.02. The third-order valence-corrected chi connectivity index (χ3v) is 4.29. The summed E-state index contributed by atoms with van der Waals surface area (Å²) in [6.45, 7) is 8.35. The van der Waals surface area contributed by atoms with Gasteiger partial charge in [-0.15, -0.1) is 0 Å². The normalized spacial score (nSPS) is 16.0. The predicted molar refractivity (Wildman–Crippen MR) is 87.8 cm³/mol. The summed E-state index contributed by atoms with van der Waals surface area (Å²) in [4.78, 5) is 15.8. The van der Waals surface area contributed by atoms with Gasteiger partial charge in [-0.1, -0.05) is 23.4 Å². The fourth-order valence-electron chi connectivity index (χ4n) is 2.95. The molecule has 122 valence electrons. The highest BCUT2D eigenvalue weighted by Gasteiger charge is 2.22. The zero-order valence-corrected chi connectivity index (χ0v) is 13.4. The number of nitrogens with zero attached hydrogens (tertiary/aromatic N) is 3. The van der Waals surface area contributed by atoms with E-state index >= 15 is 0 Å². The van der Waals surface area contributed by atoms with Crippen LogP contribution in [0.1, 0.15) is 24.4 Å². The average Bonchev–Trinajstić information content (AvgIpc) is 3.05. The maximum absolute atomic E-state index is 11.0. The molecule has 6 heteroatoms. The number of para-hydroxylation sites is 1. The fraction of sp³-hybridized carbons (Fsp3) is 0.412. The summed E-state index contributed by atoms with van der Waals surface area (Å²) in [5, 5.41) is 12.9. The molecule has 0 amide bonds. The molecule has 1 aliphatic rings. The number of carboxylic acid groups (broad SMARTS) is 1. The highest BCUT2D eigenvalue weighted by Crippen LogP contribution is 2.31. The SMILES string of the molecule is CC(C)N1CCN(c2ccccc2-c2cc(C(=O)O)on2)CC1. The summed E-state index contributed by atoms with van der Waals surface area (Å²) in [6.07, 6.45) is 0. The first-order valence-corrected chi connectivity index (χ1v) is 7.84. The minimum Gasteiger partial charge on any atom is -0.475 e. The van der Waals surface area contributed by atoms with E-state index in [4.69, 9.17) is 9.63 Å². The van der Waals surface area contributed by atoms with E-state index in [1.54, 1.807) is 0 Å². The quantitative estimate of drug-likeness (QED) is 0.935. The number of hydrogen-bond acceptors (Lipinski definition) is 5. The average molecular weight is 315 g/mol. The van der Waals surface area contributed by atoms with Gasteiger partial charge in [0.05, 0.1) is 0 Å². The lowest BCUT2D eigenvalue weighted by molar-refractivity contribution is 0.0652. The monoisotopic (exact) mass is 315 g/mol. The second kappa shape index (κ2) is 6.42. The topological polar surface area (TPSA) is 69.8 Å². The summed E-state index contributed by atoms with van der Waals surface area (Å²) in [5.41, 5.74) is 2.53. The van der Waals surface area contributed by atoms with E-state index in [0.717, 1.165) is 37.4 Å². The number of hydrogen-bond donors (Lipinski definition) is 1. The standard InChI is InChI=1S/C17H21N3O3/c1-12(2)19-7-9-20(10-8-19)15-6-4-3-5-13(15)14-11-16(17(21)22)23-18-14/h3-6,11-12H,7-10H2,1-2H3,(H,21,22). The largest absolute Gasteiger partial charge is 0.475 e. The van der Waals surface area contributed by atoms with Gasteiger partial charge in [0.25, 0.3) is 0 Å². The molecule has 23 heavy (non-hydrogen) atoms. The molecule has 1 aliphatic heterocycles. The Balaban J connectivity index is 1.85. The molecule has 0 radical (unpaired) electrons. The molecule has 1 saturated heterocycles.